The average Bonchev–Trinajstić information content (AvgIpc) is 3.25. The minimum absolute atomic E-state index is 0.222. The average molecular weight is 360 g/mol. The molecular formula is C16H10ClN3O3S. The van der Waals surface area contributed by atoms with Crippen LogP contribution in [0.25, 0.3) is 10.6 Å². The molecule has 0 spiro atoms. The quantitative estimate of drug-likeness (QED) is 0.719. The van der Waals surface area contributed by atoms with Crippen LogP contribution in [-0.2, 0) is 0 Å². The van der Waals surface area contributed by atoms with Crippen molar-refractivity contribution in [1.82, 2.24) is 9.97 Å². The number of carbonyl (C=O) groups excluding carboxylic acids is 1. The van der Waals surface area contributed by atoms with Gasteiger partial charge in [-0.2, -0.15) is 0 Å². The van der Waals surface area contributed by atoms with Crippen LogP contribution in [-0.4, -0.2) is 22.7 Å². The highest BCUT2D eigenvalue weighted by molar-refractivity contribution is 7.13. The zero-order valence-corrected chi connectivity index (χ0v) is 13.7. The SMILES string of the molecule is O=C(Nc1ccc(Cl)nc1)c1csc(-c2ccc3c(c2)OCO3)n1. The minimum Gasteiger partial charge on any atom is -0.454 e. The van der Waals surface area contributed by atoms with E-state index in [-0.39, 0.29) is 12.7 Å². The highest BCUT2D eigenvalue weighted by Gasteiger charge is 2.17. The van der Waals surface area contributed by atoms with Crippen LogP contribution in [0.5, 0.6) is 11.5 Å². The molecule has 24 heavy (non-hydrogen) atoms. The molecule has 6 nitrogen and oxygen atoms in total. The molecule has 2 aromatic heterocycles. The lowest BCUT2D eigenvalue weighted by atomic mass is 10.2. The standard InChI is InChI=1S/C16H10ClN3O3S/c17-14-4-2-10(6-18-14)19-15(21)11-7-24-16(20-11)9-1-3-12-13(5-9)23-8-22-12/h1-7H,8H2,(H,19,21). The van der Waals surface area contributed by atoms with Gasteiger partial charge in [-0.3, -0.25) is 4.79 Å². The zero-order valence-electron chi connectivity index (χ0n) is 12.2. The molecule has 0 saturated heterocycles. The summed E-state index contributed by atoms with van der Waals surface area (Å²) in [6.07, 6.45) is 1.49. The van der Waals surface area contributed by atoms with Crippen LogP contribution in [0.2, 0.25) is 5.15 Å². The number of halogens is 1. The van der Waals surface area contributed by atoms with E-state index in [0.29, 0.717) is 28.0 Å². The van der Waals surface area contributed by atoms with Gasteiger partial charge in [-0.25, -0.2) is 9.97 Å². The van der Waals surface area contributed by atoms with Crippen molar-refractivity contribution < 1.29 is 14.3 Å². The van der Waals surface area contributed by atoms with Crippen molar-refractivity contribution in [3.05, 3.63) is 52.8 Å². The molecule has 1 N–H and O–H groups in total. The first-order valence-corrected chi connectivity index (χ1v) is 8.23. The van der Waals surface area contributed by atoms with Gasteiger partial charge in [0.25, 0.3) is 5.91 Å². The summed E-state index contributed by atoms with van der Waals surface area (Å²) in [4.78, 5) is 20.6. The number of carbonyl (C=O) groups is 1. The molecule has 0 radical (unpaired) electrons. The van der Waals surface area contributed by atoms with Crippen LogP contribution in [0.1, 0.15) is 10.5 Å². The molecule has 1 aliphatic rings. The number of aromatic nitrogens is 2. The Bertz CT molecular complexity index is 911. The van der Waals surface area contributed by atoms with E-state index in [0.717, 1.165) is 10.6 Å². The summed E-state index contributed by atoms with van der Waals surface area (Å²) in [5.41, 5.74) is 1.76. The van der Waals surface area contributed by atoms with E-state index in [1.54, 1.807) is 17.5 Å². The summed E-state index contributed by atoms with van der Waals surface area (Å²) in [6, 6.07) is 8.86. The predicted octanol–water partition coefficient (Wildman–Crippen LogP) is 3.84. The summed E-state index contributed by atoms with van der Waals surface area (Å²) in [5.74, 6) is 1.09. The molecule has 0 unspecified atom stereocenters. The van der Waals surface area contributed by atoms with E-state index < -0.39 is 0 Å². The maximum Gasteiger partial charge on any atom is 0.275 e. The van der Waals surface area contributed by atoms with Gasteiger partial charge in [0, 0.05) is 10.9 Å². The molecule has 0 fully saturated rings. The number of nitrogens with zero attached hydrogens (tertiary/aromatic N) is 2. The second-order valence-electron chi connectivity index (χ2n) is 4.93. The number of pyridine rings is 1. The molecule has 1 aromatic carbocycles. The van der Waals surface area contributed by atoms with Crippen LogP contribution in [0.3, 0.4) is 0 Å². The van der Waals surface area contributed by atoms with Gasteiger partial charge in [0.15, 0.2) is 11.5 Å². The van der Waals surface area contributed by atoms with Crippen LogP contribution in [0.4, 0.5) is 5.69 Å². The van der Waals surface area contributed by atoms with Gasteiger partial charge in [-0.05, 0) is 30.3 Å². The Balaban J connectivity index is 1.54. The lowest BCUT2D eigenvalue weighted by Gasteiger charge is -2.02. The lowest BCUT2D eigenvalue weighted by molar-refractivity contribution is 0.102. The monoisotopic (exact) mass is 359 g/mol. The smallest absolute Gasteiger partial charge is 0.275 e. The first-order chi connectivity index (χ1) is 11.7. The lowest BCUT2D eigenvalue weighted by Crippen LogP contribution is -2.12. The van der Waals surface area contributed by atoms with E-state index in [1.165, 1.54) is 17.5 Å². The largest absolute Gasteiger partial charge is 0.454 e. The number of rotatable bonds is 3. The van der Waals surface area contributed by atoms with E-state index in [1.807, 2.05) is 18.2 Å². The van der Waals surface area contributed by atoms with Crippen molar-refractivity contribution in [1.29, 1.82) is 0 Å². The van der Waals surface area contributed by atoms with Crippen LogP contribution < -0.4 is 14.8 Å². The Morgan fingerprint density at radius 3 is 2.92 bits per heavy atom. The fraction of sp³-hybridized carbons (Fsp3) is 0.0625. The highest BCUT2D eigenvalue weighted by Crippen LogP contribution is 2.36. The maximum atomic E-state index is 12.3. The summed E-state index contributed by atoms with van der Waals surface area (Å²) in [5, 5.41) is 5.53. The van der Waals surface area contributed by atoms with Crippen LogP contribution in [0.15, 0.2) is 41.9 Å². The molecule has 3 aromatic rings. The van der Waals surface area contributed by atoms with Gasteiger partial charge in [0.1, 0.15) is 15.9 Å². The summed E-state index contributed by atoms with van der Waals surface area (Å²) in [6.45, 7) is 0.222. The number of anilines is 1. The second-order valence-corrected chi connectivity index (χ2v) is 6.18. The first-order valence-electron chi connectivity index (χ1n) is 6.97. The topological polar surface area (TPSA) is 73.3 Å². The van der Waals surface area contributed by atoms with Gasteiger partial charge in [-0.1, -0.05) is 11.6 Å². The Morgan fingerprint density at radius 1 is 1.21 bits per heavy atom. The number of thiazole rings is 1. The molecule has 1 amide bonds. The molecule has 0 saturated carbocycles. The third-order valence-electron chi connectivity index (χ3n) is 3.34. The van der Waals surface area contributed by atoms with Gasteiger partial charge in [0.2, 0.25) is 6.79 Å². The van der Waals surface area contributed by atoms with E-state index >= 15 is 0 Å². The van der Waals surface area contributed by atoms with Gasteiger partial charge in [-0.15, -0.1) is 11.3 Å². The van der Waals surface area contributed by atoms with Crippen molar-refractivity contribution >= 4 is 34.5 Å². The van der Waals surface area contributed by atoms with Crippen molar-refractivity contribution in [3.8, 4) is 22.1 Å². The summed E-state index contributed by atoms with van der Waals surface area (Å²) >= 11 is 7.11. The third kappa shape index (κ3) is 2.91. The predicted molar refractivity (Wildman–Crippen MR) is 90.9 cm³/mol. The summed E-state index contributed by atoms with van der Waals surface area (Å²) in [7, 11) is 0. The molecule has 0 atom stereocenters. The molecule has 4 rings (SSSR count). The second kappa shape index (κ2) is 6.10. The Labute approximate surface area is 146 Å². The molecule has 0 aliphatic carbocycles. The molecule has 120 valence electrons. The Morgan fingerprint density at radius 2 is 2.08 bits per heavy atom. The number of ether oxygens (including phenoxy) is 2. The number of fused-ring (bicyclic) bond motifs is 1. The first kappa shape index (κ1) is 14.9. The summed E-state index contributed by atoms with van der Waals surface area (Å²) < 4.78 is 10.6. The molecule has 3 heterocycles. The highest BCUT2D eigenvalue weighted by atomic mass is 35.5. The van der Waals surface area contributed by atoms with Gasteiger partial charge >= 0.3 is 0 Å². The number of amides is 1. The molecule has 0 bridgehead atoms. The van der Waals surface area contributed by atoms with E-state index in [9.17, 15) is 4.79 Å². The number of hydrogen-bond acceptors (Lipinski definition) is 6. The van der Waals surface area contributed by atoms with E-state index in [2.05, 4.69) is 15.3 Å². The van der Waals surface area contributed by atoms with Crippen molar-refractivity contribution in [2.75, 3.05) is 12.1 Å². The molecule has 1 aliphatic heterocycles. The molecule has 8 heteroatoms. The van der Waals surface area contributed by atoms with Crippen molar-refractivity contribution in [2.24, 2.45) is 0 Å². The minimum atomic E-state index is -0.303. The van der Waals surface area contributed by atoms with Crippen LogP contribution in [0, 0.1) is 0 Å². The van der Waals surface area contributed by atoms with Crippen molar-refractivity contribution in [2.45, 2.75) is 0 Å². The third-order valence-corrected chi connectivity index (χ3v) is 4.46. The van der Waals surface area contributed by atoms with E-state index in [4.69, 9.17) is 21.1 Å². The Hall–Kier alpha value is -2.64. The number of benzene rings is 1. The van der Waals surface area contributed by atoms with Gasteiger partial charge in [0.05, 0.1) is 11.9 Å². The van der Waals surface area contributed by atoms with Gasteiger partial charge < -0.3 is 14.8 Å². The zero-order chi connectivity index (χ0) is 16.5. The fourth-order valence-electron chi connectivity index (χ4n) is 2.19. The number of hydrogen-bond donors (Lipinski definition) is 1. The van der Waals surface area contributed by atoms with Crippen molar-refractivity contribution in [3.63, 3.8) is 0 Å². The van der Waals surface area contributed by atoms with Crippen LogP contribution >= 0.6 is 22.9 Å². The normalized spacial score (nSPS) is 12.2. The maximum absolute atomic E-state index is 12.3. The number of nitrogens with one attached hydrogen (secondary N) is 1. The Kier molecular flexibility index (Phi) is 3.79. The molecular weight excluding hydrogens is 350 g/mol. The fourth-order valence-corrected chi connectivity index (χ4v) is 3.09.